The molecule has 2 aromatic heterocycles. The minimum absolute atomic E-state index is 0.0758. The zero-order valence-electron chi connectivity index (χ0n) is 12.3. The number of hydrogen-bond donors (Lipinski definition) is 1. The topological polar surface area (TPSA) is 63.0 Å². The van der Waals surface area contributed by atoms with Crippen molar-refractivity contribution in [3.05, 3.63) is 76.3 Å². The van der Waals surface area contributed by atoms with Gasteiger partial charge in [-0.2, -0.15) is 0 Å². The monoisotopic (exact) mass is 322 g/mol. The molecule has 0 radical (unpaired) electrons. The summed E-state index contributed by atoms with van der Waals surface area (Å²) in [6.45, 7) is 0. The Kier molecular flexibility index (Phi) is 3.59. The molecule has 5 nitrogen and oxygen atoms in total. The van der Waals surface area contributed by atoms with Gasteiger partial charge in [0.05, 0.1) is 10.7 Å². The van der Waals surface area contributed by atoms with Crippen LogP contribution in [-0.2, 0) is 12.2 Å². The van der Waals surface area contributed by atoms with Gasteiger partial charge < -0.3 is 0 Å². The molecule has 1 aliphatic rings. The van der Waals surface area contributed by atoms with Crippen molar-refractivity contribution in [1.29, 1.82) is 0 Å². The van der Waals surface area contributed by atoms with Crippen LogP contribution in [0.2, 0.25) is 0 Å². The Morgan fingerprint density at radius 1 is 1.17 bits per heavy atom. The molecule has 0 aliphatic carbocycles. The van der Waals surface area contributed by atoms with Crippen molar-refractivity contribution in [1.82, 2.24) is 14.8 Å². The van der Waals surface area contributed by atoms with Crippen molar-refractivity contribution in [2.24, 2.45) is 4.99 Å². The predicted octanol–water partition coefficient (Wildman–Crippen LogP) is 3.00. The molecular weight excluding hydrogens is 308 g/mol. The van der Waals surface area contributed by atoms with E-state index >= 15 is 0 Å². The van der Waals surface area contributed by atoms with Gasteiger partial charge in [-0.25, -0.2) is 14.7 Å². The Balaban J connectivity index is 1.54. The van der Waals surface area contributed by atoms with Crippen LogP contribution in [0.1, 0.15) is 11.3 Å². The number of pyridine rings is 1. The number of benzene rings is 1. The zero-order chi connectivity index (χ0) is 15.6. The molecule has 1 aliphatic heterocycles. The highest BCUT2D eigenvalue weighted by Crippen LogP contribution is 2.26. The molecule has 0 spiro atoms. The number of fused-ring (bicyclic) bond motifs is 1. The minimum atomic E-state index is -0.0758. The molecule has 0 saturated heterocycles. The summed E-state index contributed by atoms with van der Waals surface area (Å²) in [5.41, 5.74) is 2.87. The Morgan fingerprint density at radius 3 is 2.87 bits per heavy atom. The molecule has 3 aromatic rings. The lowest BCUT2D eigenvalue weighted by Gasteiger charge is -2.01. The molecule has 1 N–H and O–H groups in total. The van der Waals surface area contributed by atoms with Gasteiger partial charge in [0.25, 0.3) is 5.56 Å². The number of aliphatic imine (C=N–C) groups is 1. The van der Waals surface area contributed by atoms with Crippen LogP contribution in [0.3, 0.4) is 0 Å². The van der Waals surface area contributed by atoms with Gasteiger partial charge in [-0.05, 0) is 23.8 Å². The maximum absolute atomic E-state index is 12.2. The fourth-order valence-corrected chi connectivity index (χ4v) is 3.30. The van der Waals surface area contributed by atoms with Crippen molar-refractivity contribution in [3.63, 3.8) is 0 Å². The Bertz CT molecular complexity index is 927. The zero-order valence-corrected chi connectivity index (χ0v) is 13.1. The van der Waals surface area contributed by atoms with Crippen molar-refractivity contribution >= 4 is 23.3 Å². The molecule has 0 amide bonds. The van der Waals surface area contributed by atoms with Crippen LogP contribution in [0.4, 0.5) is 5.69 Å². The summed E-state index contributed by atoms with van der Waals surface area (Å²) in [4.78, 5) is 21.0. The first-order chi connectivity index (χ1) is 11.3. The summed E-state index contributed by atoms with van der Waals surface area (Å²) < 4.78 is 1.54. The first-order valence-electron chi connectivity index (χ1n) is 7.30. The van der Waals surface area contributed by atoms with E-state index in [0.29, 0.717) is 12.2 Å². The first-order valence-corrected chi connectivity index (χ1v) is 8.29. The van der Waals surface area contributed by atoms with Gasteiger partial charge in [0, 0.05) is 30.1 Å². The van der Waals surface area contributed by atoms with Crippen LogP contribution in [0, 0.1) is 0 Å². The molecule has 0 unspecified atom stereocenters. The average molecular weight is 322 g/mol. The van der Waals surface area contributed by atoms with Crippen LogP contribution in [0.15, 0.2) is 69.5 Å². The predicted molar refractivity (Wildman–Crippen MR) is 91.5 cm³/mol. The molecule has 4 rings (SSSR count). The smallest absolute Gasteiger partial charge is 0.272 e. The summed E-state index contributed by atoms with van der Waals surface area (Å²) in [7, 11) is 0. The SMILES string of the molecule is O=c1cc(CSc2ccccn2)[nH]n1C1=Nc2ccccc2C1. The lowest BCUT2D eigenvalue weighted by atomic mass is 10.1. The van der Waals surface area contributed by atoms with Gasteiger partial charge >= 0.3 is 0 Å². The summed E-state index contributed by atoms with van der Waals surface area (Å²) in [6, 6.07) is 15.4. The number of hydrogen-bond acceptors (Lipinski definition) is 4. The van der Waals surface area contributed by atoms with E-state index in [2.05, 4.69) is 15.1 Å². The second-order valence-corrected chi connectivity index (χ2v) is 6.24. The highest BCUT2D eigenvalue weighted by atomic mass is 32.2. The van der Waals surface area contributed by atoms with E-state index in [-0.39, 0.29) is 5.56 Å². The minimum Gasteiger partial charge on any atom is -0.293 e. The van der Waals surface area contributed by atoms with Crippen molar-refractivity contribution < 1.29 is 0 Å². The van der Waals surface area contributed by atoms with Crippen LogP contribution >= 0.6 is 11.8 Å². The molecule has 3 heterocycles. The average Bonchev–Trinajstić information content (AvgIpc) is 3.17. The highest BCUT2D eigenvalue weighted by molar-refractivity contribution is 7.98. The van der Waals surface area contributed by atoms with E-state index in [9.17, 15) is 4.79 Å². The van der Waals surface area contributed by atoms with Crippen molar-refractivity contribution in [2.75, 3.05) is 0 Å². The maximum Gasteiger partial charge on any atom is 0.272 e. The van der Waals surface area contributed by atoms with Gasteiger partial charge in [0.1, 0.15) is 5.84 Å². The fraction of sp³-hybridized carbons (Fsp3) is 0.118. The van der Waals surface area contributed by atoms with E-state index in [0.717, 1.165) is 27.8 Å². The summed E-state index contributed by atoms with van der Waals surface area (Å²) >= 11 is 1.59. The van der Waals surface area contributed by atoms with E-state index < -0.39 is 0 Å². The molecule has 114 valence electrons. The number of nitrogens with zero attached hydrogens (tertiary/aromatic N) is 3. The largest absolute Gasteiger partial charge is 0.293 e. The molecule has 0 fully saturated rings. The van der Waals surface area contributed by atoms with Crippen LogP contribution < -0.4 is 5.56 Å². The van der Waals surface area contributed by atoms with E-state index in [1.165, 1.54) is 4.68 Å². The van der Waals surface area contributed by atoms with E-state index in [1.54, 1.807) is 24.0 Å². The number of para-hydroxylation sites is 1. The molecule has 0 bridgehead atoms. The second kappa shape index (κ2) is 5.89. The quantitative estimate of drug-likeness (QED) is 0.754. The maximum atomic E-state index is 12.2. The Labute approximate surface area is 137 Å². The molecule has 0 atom stereocenters. The molecule has 23 heavy (non-hydrogen) atoms. The molecule has 0 saturated carbocycles. The van der Waals surface area contributed by atoms with E-state index in [4.69, 9.17) is 0 Å². The van der Waals surface area contributed by atoms with E-state index in [1.807, 2.05) is 42.5 Å². The number of rotatable bonds is 3. The number of aromatic nitrogens is 3. The fourth-order valence-electron chi connectivity index (χ4n) is 2.54. The van der Waals surface area contributed by atoms with Gasteiger partial charge in [-0.3, -0.25) is 9.89 Å². The second-order valence-electron chi connectivity index (χ2n) is 5.25. The number of nitrogens with one attached hydrogen (secondary N) is 1. The van der Waals surface area contributed by atoms with Crippen LogP contribution in [0.5, 0.6) is 0 Å². The van der Waals surface area contributed by atoms with Crippen LogP contribution in [-0.4, -0.2) is 20.6 Å². The lowest BCUT2D eigenvalue weighted by molar-refractivity contribution is 0.868. The summed E-state index contributed by atoms with van der Waals surface area (Å²) in [5.74, 6) is 1.41. The summed E-state index contributed by atoms with van der Waals surface area (Å²) in [5, 5.41) is 4.09. The standard InChI is InChI=1S/C17H14N4OS/c22-17-10-13(11-23-16-7-3-4-8-18-16)20-21(17)15-9-12-5-1-2-6-14(12)19-15/h1-8,10,20H,9,11H2. The third-order valence-electron chi connectivity index (χ3n) is 3.63. The number of aromatic amines is 1. The van der Waals surface area contributed by atoms with Gasteiger partial charge in [0.2, 0.25) is 0 Å². The first kappa shape index (κ1) is 14.0. The number of thioether (sulfide) groups is 1. The van der Waals surface area contributed by atoms with Gasteiger partial charge in [-0.1, -0.05) is 24.3 Å². The Hall–Kier alpha value is -2.60. The molecule has 1 aromatic carbocycles. The highest BCUT2D eigenvalue weighted by Gasteiger charge is 2.17. The normalized spacial score (nSPS) is 13.0. The molecule has 6 heteroatoms. The Morgan fingerprint density at radius 2 is 2.04 bits per heavy atom. The van der Waals surface area contributed by atoms with Crippen molar-refractivity contribution in [2.45, 2.75) is 17.2 Å². The third kappa shape index (κ3) is 2.85. The lowest BCUT2D eigenvalue weighted by Crippen LogP contribution is -2.24. The van der Waals surface area contributed by atoms with Crippen molar-refractivity contribution in [3.8, 4) is 0 Å². The third-order valence-corrected chi connectivity index (χ3v) is 4.63. The number of H-pyrrole nitrogens is 1. The van der Waals surface area contributed by atoms with Gasteiger partial charge in [0.15, 0.2) is 0 Å². The van der Waals surface area contributed by atoms with Gasteiger partial charge in [-0.15, -0.1) is 11.8 Å². The summed E-state index contributed by atoms with van der Waals surface area (Å²) in [6.07, 6.45) is 2.43. The molecular formula is C17H14N4OS. The van der Waals surface area contributed by atoms with Crippen LogP contribution in [0.25, 0.3) is 0 Å².